The third-order valence-corrected chi connectivity index (χ3v) is 3.15. The fraction of sp³-hybridized carbons (Fsp3) is 1.00. The van der Waals surface area contributed by atoms with Crippen LogP contribution in [0.3, 0.4) is 0 Å². The number of hydrogen-bond donors (Lipinski definition) is 2. The molecule has 0 aromatic heterocycles. The summed E-state index contributed by atoms with van der Waals surface area (Å²) in [4.78, 5) is 2.28. The lowest BCUT2D eigenvalue weighted by Crippen LogP contribution is -2.56. The van der Waals surface area contributed by atoms with Gasteiger partial charge < -0.3 is 14.9 Å². The van der Waals surface area contributed by atoms with Crippen LogP contribution in [0.4, 0.5) is 0 Å². The van der Waals surface area contributed by atoms with Crippen LogP contribution >= 0.6 is 0 Å². The van der Waals surface area contributed by atoms with E-state index in [1.165, 1.54) is 0 Å². The summed E-state index contributed by atoms with van der Waals surface area (Å²) < 4.78 is 5.43. The van der Waals surface area contributed by atoms with Crippen molar-refractivity contribution in [1.82, 2.24) is 4.90 Å². The van der Waals surface area contributed by atoms with E-state index >= 15 is 0 Å². The molecule has 4 nitrogen and oxygen atoms in total. The van der Waals surface area contributed by atoms with Crippen LogP contribution < -0.4 is 0 Å². The van der Waals surface area contributed by atoms with E-state index < -0.39 is 5.41 Å². The Morgan fingerprint density at radius 3 is 2.40 bits per heavy atom. The Kier molecular flexibility index (Phi) is 4.12. The standard InChI is InChI=1S/C11H23NO3/c1-10(2)9-15-5-4-12(10)6-11(3,7-13)8-14/h13-14H,4-9H2,1-3H3. The van der Waals surface area contributed by atoms with Crippen molar-refractivity contribution in [3.05, 3.63) is 0 Å². The quantitative estimate of drug-likeness (QED) is 0.700. The molecule has 4 heteroatoms. The van der Waals surface area contributed by atoms with Crippen molar-refractivity contribution < 1.29 is 14.9 Å². The van der Waals surface area contributed by atoms with Gasteiger partial charge in [-0.15, -0.1) is 0 Å². The highest BCUT2D eigenvalue weighted by atomic mass is 16.5. The lowest BCUT2D eigenvalue weighted by atomic mass is 9.89. The maximum absolute atomic E-state index is 9.27. The summed E-state index contributed by atoms with van der Waals surface area (Å²) in [5.41, 5.74) is -0.432. The van der Waals surface area contributed by atoms with Crippen LogP contribution in [0, 0.1) is 5.41 Å². The number of rotatable bonds is 4. The highest BCUT2D eigenvalue weighted by Gasteiger charge is 2.35. The van der Waals surface area contributed by atoms with E-state index in [1.807, 2.05) is 6.92 Å². The van der Waals surface area contributed by atoms with Gasteiger partial charge in [-0.05, 0) is 13.8 Å². The minimum atomic E-state index is -0.422. The molecule has 0 spiro atoms. The molecule has 0 saturated carbocycles. The number of aliphatic hydroxyl groups is 2. The molecule has 0 bridgehead atoms. The minimum absolute atomic E-state index is 0.0101. The predicted molar refractivity (Wildman–Crippen MR) is 58.7 cm³/mol. The summed E-state index contributed by atoms with van der Waals surface area (Å²) in [7, 11) is 0. The monoisotopic (exact) mass is 217 g/mol. The highest BCUT2D eigenvalue weighted by molar-refractivity contribution is 4.88. The van der Waals surface area contributed by atoms with Gasteiger partial charge in [0.15, 0.2) is 0 Å². The van der Waals surface area contributed by atoms with Crippen molar-refractivity contribution in [3.63, 3.8) is 0 Å². The summed E-state index contributed by atoms with van der Waals surface area (Å²) in [5, 5.41) is 18.5. The number of aliphatic hydroxyl groups excluding tert-OH is 2. The molecule has 0 aromatic rings. The van der Waals surface area contributed by atoms with Crippen LogP contribution in [0.15, 0.2) is 0 Å². The van der Waals surface area contributed by atoms with Crippen molar-refractivity contribution in [2.45, 2.75) is 26.3 Å². The fourth-order valence-corrected chi connectivity index (χ4v) is 1.79. The molecule has 90 valence electrons. The van der Waals surface area contributed by atoms with Gasteiger partial charge in [0.05, 0.1) is 26.4 Å². The second-order valence-corrected chi connectivity index (χ2v) is 5.41. The van der Waals surface area contributed by atoms with E-state index in [9.17, 15) is 10.2 Å². The van der Waals surface area contributed by atoms with Crippen LogP contribution in [0.1, 0.15) is 20.8 Å². The first-order valence-corrected chi connectivity index (χ1v) is 5.48. The molecule has 0 radical (unpaired) electrons. The van der Waals surface area contributed by atoms with E-state index in [-0.39, 0.29) is 18.8 Å². The summed E-state index contributed by atoms with van der Waals surface area (Å²) in [6.07, 6.45) is 0. The van der Waals surface area contributed by atoms with Gasteiger partial charge in [-0.2, -0.15) is 0 Å². The average Bonchev–Trinajstić information content (AvgIpc) is 2.21. The molecular formula is C11H23NO3. The molecule has 1 heterocycles. The first kappa shape index (κ1) is 12.9. The number of nitrogens with zero attached hydrogens (tertiary/aromatic N) is 1. The van der Waals surface area contributed by atoms with E-state index in [2.05, 4.69) is 18.7 Å². The molecule has 1 rings (SSSR count). The summed E-state index contributed by atoms with van der Waals surface area (Å²) in [6.45, 7) is 9.18. The average molecular weight is 217 g/mol. The van der Waals surface area contributed by atoms with Crippen molar-refractivity contribution in [2.24, 2.45) is 5.41 Å². The highest BCUT2D eigenvalue weighted by Crippen LogP contribution is 2.25. The van der Waals surface area contributed by atoms with Crippen LogP contribution in [0.25, 0.3) is 0 Å². The molecule has 0 unspecified atom stereocenters. The van der Waals surface area contributed by atoms with Crippen molar-refractivity contribution in [2.75, 3.05) is 39.5 Å². The molecule has 0 amide bonds. The molecule has 2 N–H and O–H groups in total. The van der Waals surface area contributed by atoms with Gasteiger partial charge in [-0.3, -0.25) is 4.90 Å². The zero-order chi connectivity index (χ0) is 11.5. The number of hydrogen-bond acceptors (Lipinski definition) is 4. The minimum Gasteiger partial charge on any atom is -0.396 e. The molecule has 1 saturated heterocycles. The Morgan fingerprint density at radius 2 is 1.93 bits per heavy atom. The topological polar surface area (TPSA) is 52.9 Å². The van der Waals surface area contributed by atoms with E-state index in [0.29, 0.717) is 13.2 Å². The Hall–Kier alpha value is -0.160. The molecular weight excluding hydrogens is 194 g/mol. The maximum atomic E-state index is 9.27. The summed E-state index contributed by atoms with van der Waals surface area (Å²) in [6, 6.07) is 0. The first-order valence-electron chi connectivity index (χ1n) is 5.48. The zero-order valence-electron chi connectivity index (χ0n) is 9.99. The van der Waals surface area contributed by atoms with Crippen LogP contribution in [0.2, 0.25) is 0 Å². The van der Waals surface area contributed by atoms with Gasteiger partial charge >= 0.3 is 0 Å². The van der Waals surface area contributed by atoms with Gasteiger partial charge in [-0.1, -0.05) is 6.92 Å². The largest absolute Gasteiger partial charge is 0.396 e. The normalized spacial score (nSPS) is 23.0. The molecule has 1 aliphatic rings. The van der Waals surface area contributed by atoms with Gasteiger partial charge in [0.25, 0.3) is 0 Å². The van der Waals surface area contributed by atoms with Crippen LogP contribution in [0.5, 0.6) is 0 Å². The van der Waals surface area contributed by atoms with Gasteiger partial charge in [0.2, 0.25) is 0 Å². The second-order valence-electron chi connectivity index (χ2n) is 5.41. The second kappa shape index (κ2) is 4.78. The third kappa shape index (κ3) is 3.14. The SMILES string of the molecule is CC(CO)(CO)CN1CCOCC1(C)C. The summed E-state index contributed by atoms with van der Waals surface area (Å²) >= 11 is 0. The van der Waals surface area contributed by atoms with Crippen molar-refractivity contribution in [3.8, 4) is 0 Å². The van der Waals surface area contributed by atoms with Gasteiger partial charge in [0.1, 0.15) is 0 Å². The first-order chi connectivity index (χ1) is 6.93. The molecule has 0 aliphatic carbocycles. The van der Waals surface area contributed by atoms with Crippen LogP contribution in [-0.4, -0.2) is 60.2 Å². The number of morpholine rings is 1. The van der Waals surface area contributed by atoms with E-state index in [0.717, 1.165) is 13.2 Å². The van der Waals surface area contributed by atoms with Crippen molar-refractivity contribution >= 4 is 0 Å². The fourth-order valence-electron chi connectivity index (χ4n) is 1.79. The smallest absolute Gasteiger partial charge is 0.0645 e. The van der Waals surface area contributed by atoms with Crippen LogP contribution in [-0.2, 0) is 4.74 Å². The predicted octanol–water partition coefficient (Wildman–Crippen LogP) is 0.0881. The summed E-state index contributed by atoms with van der Waals surface area (Å²) in [5.74, 6) is 0. The van der Waals surface area contributed by atoms with Crippen molar-refractivity contribution in [1.29, 1.82) is 0 Å². The molecule has 1 fully saturated rings. The Balaban J connectivity index is 2.62. The maximum Gasteiger partial charge on any atom is 0.0645 e. The molecule has 0 atom stereocenters. The van der Waals surface area contributed by atoms with E-state index in [4.69, 9.17) is 4.74 Å². The Bertz CT molecular complexity index is 202. The van der Waals surface area contributed by atoms with Gasteiger partial charge in [0, 0.05) is 24.0 Å². The Labute approximate surface area is 91.8 Å². The van der Waals surface area contributed by atoms with E-state index in [1.54, 1.807) is 0 Å². The Morgan fingerprint density at radius 1 is 1.33 bits per heavy atom. The third-order valence-electron chi connectivity index (χ3n) is 3.15. The van der Waals surface area contributed by atoms with Gasteiger partial charge in [-0.25, -0.2) is 0 Å². The number of ether oxygens (including phenoxy) is 1. The molecule has 1 aliphatic heterocycles. The zero-order valence-corrected chi connectivity index (χ0v) is 9.99. The molecule has 0 aromatic carbocycles. The molecule has 15 heavy (non-hydrogen) atoms. The lowest BCUT2D eigenvalue weighted by molar-refractivity contribution is -0.0796. The lowest BCUT2D eigenvalue weighted by Gasteiger charge is -2.45.